The fourth-order valence-corrected chi connectivity index (χ4v) is 2.16. The highest BCUT2D eigenvalue weighted by molar-refractivity contribution is 5.80. The average molecular weight is 335 g/mol. The minimum Gasteiger partial charge on any atom is -0.489 e. The van der Waals surface area contributed by atoms with Crippen LogP contribution in [0.3, 0.4) is 0 Å². The SMILES string of the molecule is Cc1cccc(COc2ccc(/C=N/Nc3cn[nH]c(=O)n3)cc2)c1. The summed E-state index contributed by atoms with van der Waals surface area (Å²) in [4.78, 5) is 14.7. The van der Waals surface area contributed by atoms with E-state index in [9.17, 15) is 4.79 Å². The zero-order chi connectivity index (χ0) is 17.5. The molecule has 0 saturated carbocycles. The number of nitrogens with one attached hydrogen (secondary N) is 2. The molecule has 0 unspecified atom stereocenters. The van der Waals surface area contributed by atoms with Gasteiger partial charge in [0.05, 0.1) is 12.4 Å². The predicted octanol–water partition coefficient (Wildman–Crippen LogP) is 2.50. The molecule has 0 spiro atoms. The molecule has 0 aliphatic rings. The maximum atomic E-state index is 11.0. The van der Waals surface area contributed by atoms with Crippen molar-refractivity contribution >= 4 is 12.0 Å². The topological polar surface area (TPSA) is 92.3 Å². The Hall–Kier alpha value is -3.48. The zero-order valence-electron chi connectivity index (χ0n) is 13.6. The summed E-state index contributed by atoms with van der Waals surface area (Å²) < 4.78 is 5.77. The predicted molar refractivity (Wildman–Crippen MR) is 95.8 cm³/mol. The van der Waals surface area contributed by atoms with Gasteiger partial charge in [-0.05, 0) is 42.3 Å². The van der Waals surface area contributed by atoms with Crippen LogP contribution >= 0.6 is 0 Å². The first kappa shape index (κ1) is 16.4. The summed E-state index contributed by atoms with van der Waals surface area (Å²) in [6, 6.07) is 15.8. The third-order valence-corrected chi connectivity index (χ3v) is 3.33. The van der Waals surface area contributed by atoms with Crippen LogP contribution in [0.15, 0.2) is 64.6 Å². The van der Waals surface area contributed by atoms with E-state index in [0.29, 0.717) is 6.61 Å². The van der Waals surface area contributed by atoms with Crippen LogP contribution in [-0.2, 0) is 6.61 Å². The molecule has 126 valence electrons. The van der Waals surface area contributed by atoms with E-state index in [0.717, 1.165) is 16.9 Å². The van der Waals surface area contributed by atoms with Crippen molar-refractivity contribution < 1.29 is 4.74 Å². The van der Waals surface area contributed by atoms with Crippen molar-refractivity contribution in [2.24, 2.45) is 5.10 Å². The van der Waals surface area contributed by atoms with Crippen molar-refractivity contribution in [2.75, 3.05) is 5.43 Å². The fraction of sp³-hybridized carbons (Fsp3) is 0.111. The molecular formula is C18H17N5O2. The van der Waals surface area contributed by atoms with Crippen LogP contribution in [0.25, 0.3) is 0 Å². The number of anilines is 1. The van der Waals surface area contributed by atoms with Gasteiger partial charge in [0.25, 0.3) is 0 Å². The lowest BCUT2D eigenvalue weighted by atomic mass is 10.1. The van der Waals surface area contributed by atoms with E-state index in [1.807, 2.05) is 36.4 Å². The number of ether oxygens (including phenoxy) is 1. The number of rotatable bonds is 6. The van der Waals surface area contributed by atoms with Crippen molar-refractivity contribution in [1.29, 1.82) is 0 Å². The largest absolute Gasteiger partial charge is 0.489 e. The summed E-state index contributed by atoms with van der Waals surface area (Å²) in [5.74, 6) is 1.06. The van der Waals surface area contributed by atoms with Crippen LogP contribution in [0.2, 0.25) is 0 Å². The molecule has 0 aliphatic heterocycles. The number of hydrazone groups is 1. The number of benzene rings is 2. The molecule has 0 radical (unpaired) electrons. The molecule has 0 aliphatic carbocycles. The number of aromatic nitrogens is 3. The number of aromatic amines is 1. The van der Waals surface area contributed by atoms with Gasteiger partial charge >= 0.3 is 5.69 Å². The summed E-state index contributed by atoms with van der Waals surface area (Å²) >= 11 is 0. The van der Waals surface area contributed by atoms with E-state index in [4.69, 9.17) is 4.74 Å². The highest BCUT2D eigenvalue weighted by Gasteiger charge is 1.97. The van der Waals surface area contributed by atoms with Gasteiger partial charge in [-0.2, -0.15) is 15.2 Å². The Morgan fingerprint density at radius 3 is 2.84 bits per heavy atom. The number of hydrogen-bond acceptors (Lipinski definition) is 6. The highest BCUT2D eigenvalue weighted by Crippen LogP contribution is 2.14. The molecule has 0 amide bonds. The quantitative estimate of drug-likeness (QED) is 0.533. The summed E-state index contributed by atoms with van der Waals surface area (Å²) in [6.07, 6.45) is 2.99. The Bertz CT molecular complexity index is 919. The molecule has 0 fully saturated rings. The molecule has 25 heavy (non-hydrogen) atoms. The van der Waals surface area contributed by atoms with Gasteiger partial charge in [0.15, 0.2) is 5.82 Å². The molecule has 3 aromatic rings. The number of hydrogen-bond donors (Lipinski definition) is 2. The van der Waals surface area contributed by atoms with Gasteiger partial charge in [-0.15, -0.1) is 0 Å². The van der Waals surface area contributed by atoms with Crippen LogP contribution in [0.5, 0.6) is 5.75 Å². The van der Waals surface area contributed by atoms with E-state index in [1.165, 1.54) is 11.8 Å². The van der Waals surface area contributed by atoms with Gasteiger partial charge in [-0.1, -0.05) is 29.8 Å². The first-order valence-corrected chi connectivity index (χ1v) is 7.68. The Morgan fingerprint density at radius 2 is 2.08 bits per heavy atom. The lowest BCUT2D eigenvalue weighted by molar-refractivity contribution is 0.306. The summed E-state index contributed by atoms with van der Waals surface area (Å²) in [5.41, 5.74) is 5.34. The summed E-state index contributed by atoms with van der Waals surface area (Å²) in [5, 5.41) is 9.82. The van der Waals surface area contributed by atoms with Gasteiger partial charge < -0.3 is 4.74 Å². The maximum Gasteiger partial charge on any atom is 0.363 e. The van der Waals surface area contributed by atoms with E-state index < -0.39 is 5.69 Å². The minimum absolute atomic E-state index is 0.276. The average Bonchev–Trinajstić information content (AvgIpc) is 2.61. The second kappa shape index (κ2) is 7.87. The van der Waals surface area contributed by atoms with Crippen molar-refractivity contribution in [2.45, 2.75) is 13.5 Å². The Labute approximate surface area is 144 Å². The molecule has 7 nitrogen and oxygen atoms in total. The van der Waals surface area contributed by atoms with E-state index >= 15 is 0 Å². The van der Waals surface area contributed by atoms with Crippen molar-refractivity contribution in [3.8, 4) is 5.75 Å². The van der Waals surface area contributed by atoms with Gasteiger partial charge in [0, 0.05) is 0 Å². The lowest BCUT2D eigenvalue weighted by Gasteiger charge is -2.07. The molecule has 2 N–H and O–H groups in total. The fourth-order valence-electron chi connectivity index (χ4n) is 2.16. The van der Waals surface area contributed by atoms with E-state index in [-0.39, 0.29) is 5.82 Å². The standard InChI is InChI=1S/C18H17N5O2/c1-13-3-2-4-15(9-13)12-25-16-7-5-14(6-8-16)10-19-22-17-11-20-23-18(24)21-17/h2-11H,12H2,1H3,(H2,21,22,23,24)/b19-10+. The zero-order valence-corrected chi connectivity index (χ0v) is 13.6. The smallest absolute Gasteiger partial charge is 0.363 e. The van der Waals surface area contributed by atoms with Gasteiger partial charge in [0.1, 0.15) is 12.4 Å². The van der Waals surface area contributed by atoms with Crippen LogP contribution < -0.4 is 15.9 Å². The van der Waals surface area contributed by atoms with E-state index in [1.54, 1.807) is 6.21 Å². The van der Waals surface area contributed by atoms with E-state index in [2.05, 4.69) is 44.8 Å². The first-order valence-electron chi connectivity index (χ1n) is 7.68. The van der Waals surface area contributed by atoms with Crippen molar-refractivity contribution in [3.63, 3.8) is 0 Å². The number of nitrogens with zero attached hydrogens (tertiary/aromatic N) is 3. The Morgan fingerprint density at radius 1 is 1.24 bits per heavy atom. The number of H-pyrrole nitrogens is 1. The van der Waals surface area contributed by atoms with Crippen LogP contribution in [-0.4, -0.2) is 21.4 Å². The third-order valence-electron chi connectivity index (χ3n) is 3.33. The Balaban J connectivity index is 1.54. The molecule has 2 aromatic carbocycles. The van der Waals surface area contributed by atoms with Crippen molar-refractivity contribution in [3.05, 3.63) is 81.9 Å². The Kier molecular flexibility index (Phi) is 5.16. The van der Waals surface area contributed by atoms with Gasteiger partial charge in [0.2, 0.25) is 0 Å². The molecule has 0 atom stereocenters. The van der Waals surface area contributed by atoms with Gasteiger partial charge in [-0.25, -0.2) is 9.89 Å². The summed E-state index contributed by atoms with van der Waals surface area (Å²) in [7, 11) is 0. The third kappa shape index (κ3) is 5.00. The normalized spacial score (nSPS) is 10.8. The summed E-state index contributed by atoms with van der Waals surface area (Å²) in [6.45, 7) is 2.58. The van der Waals surface area contributed by atoms with Gasteiger partial charge in [-0.3, -0.25) is 5.43 Å². The van der Waals surface area contributed by atoms with Crippen LogP contribution in [0.1, 0.15) is 16.7 Å². The molecule has 1 aromatic heterocycles. The first-order chi connectivity index (χ1) is 12.2. The van der Waals surface area contributed by atoms with Crippen molar-refractivity contribution in [1.82, 2.24) is 15.2 Å². The second-order valence-corrected chi connectivity index (χ2v) is 5.39. The number of aryl methyl sites for hydroxylation is 1. The molecule has 0 bridgehead atoms. The molecule has 7 heteroatoms. The highest BCUT2D eigenvalue weighted by atomic mass is 16.5. The second-order valence-electron chi connectivity index (χ2n) is 5.39. The maximum absolute atomic E-state index is 11.0. The molecule has 3 rings (SSSR count). The minimum atomic E-state index is -0.532. The molecule has 1 heterocycles. The van der Waals surface area contributed by atoms with Crippen LogP contribution in [0, 0.1) is 6.92 Å². The lowest BCUT2D eigenvalue weighted by Crippen LogP contribution is -2.13. The van der Waals surface area contributed by atoms with Crippen LogP contribution in [0.4, 0.5) is 5.82 Å². The molecule has 0 saturated heterocycles. The monoisotopic (exact) mass is 335 g/mol. The molecular weight excluding hydrogens is 318 g/mol.